The molecule has 102 valence electrons. The lowest BCUT2D eigenvalue weighted by molar-refractivity contribution is 0.315. The average Bonchev–Trinajstić information content (AvgIpc) is 2.29. The second-order valence-corrected chi connectivity index (χ2v) is 6.32. The van der Waals surface area contributed by atoms with E-state index in [9.17, 15) is 8.42 Å². The molecular formula is C10H15Cl2N3O2S. The van der Waals surface area contributed by atoms with Gasteiger partial charge in [0.05, 0.1) is 5.02 Å². The molecule has 5 nitrogen and oxygen atoms in total. The molecule has 1 aromatic rings. The molecule has 1 aliphatic rings. The van der Waals surface area contributed by atoms with Gasteiger partial charge in [-0.15, -0.1) is 12.4 Å². The fourth-order valence-corrected chi connectivity index (χ4v) is 3.80. The molecule has 0 amide bonds. The minimum atomic E-state index is -3.62. The van der Waals surface area contributed by atoms with Crippen LogP contribution in [0.5, 0.6) is 0 Å². The molecule has 0 spiro atoms. The summed E-state index contributed by atoms with van der Waals surface area (Å²) < 4.78 is 25.9. The van der Waals surface area contributed by atoms with Crippen molar-refractivity contribution in [1.82, 2.24) is 9.29 Å². The average molecular weight is 312 g/mol. The van der Waals surface area contributed by atoms with Crippen molar-refractivity contribution in [3.8, 4) is 0 Å². The molecule has 0 bridgehead atoms. The zero-order valence-electron chi connectivity index (χ0n) is 9.62. The molecule has 1 unspecified atom stereocenters. The molecule has 0 aromatic carbocycles. The molecule has 18 heavy (non-hydrogen) atoms. The van der Waals surface area contributed by atoms with Crippen LogP contribution in [0.4, 0.5) is 0 Å². The summed E-state index contributed by atoms with van der Waals surface area (Å²) in [7, 11) is -3.62. The van der Waals surface area contributed by atoms with Crippen LogP contribution in [0.3, 0.4) is 0 Å². The Hall–Kier alpha value is -0.400. The van der Waals surface area contributed by atoms with E-state index < -0.39 is 10.0 Å². The van der Waals surface area contributed by atoms with E-state index in [1.165, 1.54) is 16.6 Å². The third-order valence-corrected chi connectivity index (χ3v) is 4.97. The molecule has 0 saturated carbocycles. The topological polar surface area (TPSA) is 76.3 Å². The zero-order valence-corrected chi connectivity index (χ0v) is 12.0. The van der Waals surface area contributed by atoms with Crippen molar-refractivity contribution >= 4 is 34.0 Å². The summed E-state index contributed by atoms with van der Waals surface area (Å²) in [6.07, 6.45) is 3.04. The zero-order chi connectivity index (χ0) is 12.5. The molecule has 1 atom stereocenters. The summed E-state index contributed by atoms with van der Waals surface area (Å²) in [5.41, 5.74) is 5.78. The maximum Gasteiger partial charge on any atom is 0.262 e. The van der Waals surface area contributed by atoms with Crippen molar-refractivity contribution in [3.63, 3.8) is 0 Å². The van der Waals surface area contributed by atoms with Crippen LogP contribution < -0.4 is 5.73 Å². The SMILES string of the molecule is Cl.NC1CCCN(S(=O)(=O)c2ncccc2Cl)C1. The molecule has 2 rings (SSSR count). The minimum Gasteiger partial charge on any atom is -0.327 e. The van der Waals surface area contributed by atoms with Crippen molar-refractivity contribution in [2.24, 2.45) is 5.73 Å². The fraction of sp³-hybridized carbons (Fsp3) is 0.500. The van der Waals surface area contributed by atoms with E-state index in [4.69, 9.17) is 17.3 Å². The molecule has 1 aliphatic heterocycles. The number of hydrogen-bond donors (Lipinski definition) is 1. The quantitative estimate of drug-likeness (QED) is 0.892. The number of nitrogens with zero attached hydrogens (tertiary/aromatic N) is 2. The lowest BCUT2D eigenvalue weighted by Gasteiger charge is -2.29. The predicted molar refractivity (Wildman–Crippen MR) is 72.5 cm³/mol. The normalized spacial score (nSPS) is 21.3. The van der Waals surface area contributed by atoms with Gasteiger partial charge in [0.2, 0.25) is 0 Å². The van der Waals surface area contributed by atoms with Crippen LogP contribution in [-0.2, 0) is 10.0 Å². The summed E-state index contributed by atoms with van der Waals surface area (Å²) in [5, 5.41) is 0.0578. The Morgan fingerprint density at radius 3 is 2.83 bits per heavy atom. The van der Waals surface area contributed by atoms with Gasteiger partial charge >= 0.3 is 0 Å². The first-order valence-corrected chi connectivity index (χ1v) is 7.20. The van der Waals surface area contributed by atoms with Gasteiger partial charge in [0.1, 0.15) is 0 Å². The monoisotopic (exact) mass is 311 g/mol. The molecule has 1 fully saturated rings. The molecule has 0 aliphatic carbocycles. The Balaban J connectivity index is 0.00000162. The summed E-state index contributed by atoms with van der Waals surface area (Å²) in [4.78, 5) is 3.85. The van der Waals surface area contributed by atoms with Crippen LogP contribution >= 0.6 is 24.0 Å². The van der Waals surface area contributed by atoms with Crippen LogP contribution in [-0.4, -0.2) is 36.8 Å². The summed E-state index contributed by atoms with van der Waals surface area (Å²) in [5.74, 6) is 0. The summed E-state index contributed by atoms with van der Waals surface area (Å²) in [6.45, 7) is 0.804. The first kappa shape index (κ1) is 15.7. The van der Waals surface area contributed by atoms with Crippen molar-refractivity contribution in [2.45, 2.75) is 23.9 Å². The number of sulfonamides is 1. The van der Waals surface area contributed by atoms with Gasteiger partial charge in [0, 0.05) is 25.3 Å². The second kappa shape index (κ2) is 6.16. The predicted octanol–water partition coefficient (Wildman–Crippen LogP) is 1.27. The van der Waals surface area contributed by atoms with Crippen molar-refractivity contribution in [3.05, 3.63) is 23.4 Å². The van der Waals surface area contributed by atoms with Crippen molar-refractivity contribution in [1.29, 1.82) is 0 Å². The Morgan fingerprint density at radius 1 is 1.50 bits per heavy atom. The van der Waals surface area contributed by atoms with Gasteiger partial charge in [-0.2, -0.15) is 4.31 Å². The maximum absolute atomic E-state index is 12.3. The van der Waals surface area contributed by atoms with Gasteiger partial charge in [0.25, 0.3) is 10.0 Å². The highest BCUT2D eigenvalue weighted by Gasteiger charge is 2.31. The van der Waals surface area contributed by atoms with Crippen LogP contribution in [0.15, 0.2) is 23.4 Å². The Bertz CT molecular complexity index is 510. The van der Waals surface area contributed by atoms with Crippen molar-refractivity contribution in [2.75, 3.05) is 13.1 Å². The molecule has 1 saturated heterocycles. The second-order valence-electron chi connectivity index (χ2n) is 4.06. The maximum atomic E-state index is 12.3. The van der Waals surface area contributed by atoms with Gasteiger partial charge < -0.3 is 5.73 Å². The largest absolute Gasteiger partial charge is 0.327 e. The van der Waals surface area contributed by atoms with Crippen molar-refractivity contribution < 1.29 is 8.42 Å². The van der Waals surface area contributed by atoms with E-state index in [1.807, 2.05) is 0 Å². The van der Waals surface area contributed by atoms with Gasteiger partial charge in [-0.3, -0.25) is 0 Å². The van der Waals surface area contributed by atoms with Gasteiger partial charge in [-0.05, 0) is 25.0 Å². The third-order valence-electron chi connectivity index (χ3n) is 2.73. The number of nitrogens with two attached hydrogens (primary N) is 1. The molecule has 0 radical (unpaired) electrons. The van der Waals surface area contributed by atoms with E-state index in [0.717, 1.165) is 12.8 Å². The minimum absolute atomic E-state index is 0. The standard InChI is InChI=1S/C10H14ClN3O2S.ClH/c11-9-4-1-5-13-10(9)17(15,16)14-6-2-3-8(12)7-14;/h1,4-5,8H,2-3,6-7,12H2;1H. The van der Waals surface area contributed by atoms with Gasteiger partial charge in [0.15, 0.2) is 5.03 Å². The lowest BCUT2D eigenvalue weighted by Crippen LogP contribution is -2.45. The van der Waals surface area contributed by atoms with E-state index in [-0.39, 0.29) is 28.5 Å². The van der Waals surface area contributed by atoms with Crippen LogP contribution in [0.25, 0.3) is 0 Å². The number of hydrogen-bond acceptors (Lipinski definition) is 4. The fourth-order valence-electron chi connectivity index (χ4n) is 1.88. The lowest BCUT2D eigenvalue weighted by atomic mass is 10.1. The van der Waals surface area contributed by atoms with E-state index in [1.54, 1.807) is 6.07 Å². The summed E-state index contributed by atoms with van der Waals surface area (Å²) >= 11 is 5.86. The number of rotatable bonds is 2. The molecule has 8 heteroatoms. The first-order valence-electron chi connectivity index (χ1n) is 5.38. The molecule has 1 aromatic heterocycles. The highest BCUT2D eigenvalue weighted by molar-refractivity contribution is 7.89. The molecule has 2 N–H and O–H groups in total. The van der Waals surface area contributed by atoms with Gasteiger partial charge in [-0.1, -0.05) is 11.6 Å². The Labute approximate surface area is 118 Å². The highest BCUT2D eigenvalue weighted by Crippen LogP contribution is 2.24. The number of pyridine rings is 1. The number of halogens is 2. The molecular weight excluding hydrogens is 297 g/mol. The van der Waals surface area contributed by atoms with Crippen LogP contribution in [0.1, 0.15) is 12.8 Å². The van der Waals surface area contributed by atoms with Crippen LogP contribution in [0.2, 0.25) is 5.02 Å². The van der Waals surface area contributed by atoms with E-state index in [0.29, 0.717) is 13.1 Å². The van der Waals surface area contributed by atoms with Crippen LogP contribution in [0, 0.1) is 0 Å². The first-order chi connectivity index (χ1) is 8.01. The van der Waals surface area contributed by atoms with E-state index in [2.05, 4.69) is 4.98 Å². The summed E-state index contributed by atoms with van der Waals surface area (Å²) in [6, 6.07) is 3.01. The smallest absolute Gasteiger partial charge is 0.262 e. The highest BCUT2D eigenvalue weighted by atomic mass is 35.5. The third kappa shape index (κ3) is 3.13. The number of piperidine rings is 1. The van der Waals surface area contributed by atoms with E-state index >= 15 is 0 Å². The molecule has 2 heterocycles. The Kier molecular flexibility index (Phi) is 5.36. The Morgan fingerprint density at radius 2 is 2.22 bits per heavy atom. The number of aromatic nitrogens is 1. The van der Waals surface area contributed by atoms with Gasteiger partial charge in [-0.25, -0.2) is 13.4 Å².